The first-order valence-corrected chi connectivity index (χ1v) is 20.9. The summed E-state index contributed by atoms with van der Waals surface area (Å²) in [5, 5.41) is 9.85. The number of carbonyl (C=O) groups is 3. The zero-order valence-electron chi connectivity index (χ0n) is 32.5. The minimum Gasteiger partial charge on any atom is -0.372 e. The first-order valence-electron chi connectivity index (χ1n) is 20.9. The van der Waals surface area contributed by atoms with Crippen molar-refractivity contribution < 1.29 is 18.8 Å². The molecule has 0 saturated carbocycles. The van der Waals surface area contributed by atoms with Gasteiger partial charge in [-0.15, -0.1) is 0 Å². The Morgan fingerprint density at radius 3 is 2.23 bits per heavy atom. The van der Waals surface area contributed by atoms with Crippen LogP contribution in [0.25, 0.3) is 16.5 Å². The van der Waals surface area contributed by atoms with Crippen LogP contribution in [-0.4, -0.2) is 88.6 Å². The first-order chi connectivity index (χ1) is 27.4. The molecule has 5 aliphatic rings. The molecule has 3 aromatic carbocycles. The highest BCUT2D eigenvalue weighted by Gasteiger charge is 2.39. The van der Waals surface area contributed by atoms with E-state index in [0.717, 1.165) is 112 Å². The summed E-state index contributed by atoms with van der Waals surface area (Å²) in [5.41, 5.74) is 10.8. The van der Waals surface area contributed by atoms with Crippen LogP contribution in [0.4, 0.5) is 15.8 Å². The number of aromatic nitrogens is 2. The van der Waals surface area contributed by atoms with Crippen molar-refractivity contribution in [1.82, 2.24) is 25.1 Å². The van der Waals surface area contributed by atoms with Gasteiger partial charge < -0.3 is 9.80 Å². The van der Waals surface area contributed by atoms with E-state index in [1.807, 2.05) is 18.2 Å². The number of rotatable bonds is 9. The normalized spacial score (nSPS) is 20.0. The Hall–Kier alpha value is -5.03. The third-order valence-corrected chi connectivity index (χ3v) is 12.9. The van der Waals surface area contributed by atoms with Crippen LogP contribution in [0.2, 0.25) is 0 Å². The number of fused-ring (bicyclic) bond motifs is 4. The molecule has 3 saturated heterocycles. The van der Waals surface area contributed by atoms with Crippen LogP contribution in [0.1, 0.15) is 104 Å². The van der Waals surface area contributed by atoms with E-state index >= 15 is 0 Å². The van der Waals surface area contributed by atoms with Crippen LogP contribution >= 0.6 is 0 Å². The number of unbranched alkanes of at least 4 members (excludes halogenated alkanes) is 1. The number of amides is 3. The molecule has 1 aliphatic carbocycles. The lowest BCUT2D eigenvalue weighted by Gasteiger charge is -2.40. The molecule has 0 unspecified atom stereocenters. The number of allylic oxidation sites excluding steroid dienone is 1. The third kappa shape index (κ3) is 6.88. The molecule has 1 N–H and O–H groups in total. The number of H-pyrrole nitrogens is 1. The molecule has 3 fully saturated rings. The zero-order valence-corrected chi connectivity index (χ0v) is 32.5. The van der Waals surface area contributed by atoms with Crippen molar-refractivity contribution in [2.75, 3.05) is 55.6 Å². The van der Waals surface area contributed by atoms with Gasteiger partial charge in [-0.05, 0) is 122 Å². The van der Waals surface area contributed by atoms with Gasteiger partial charge in [-0.2, -0.15) is 14.5 Å². The Morgan fingerprint density at radius 1 is 0.786 bits per heavy atom. The summed E-state index contributed by atoms with van der Waals surface area (Å²) >= 11 is 0. The second kappa shape index (κ2) is 15.5. The molecule has 56 heavy (non-hydrogen) atoms. The summed E-state index contributed by atoms with van der Waals surface area (Å²) in [7, 11) is 0. The number of imide groups is 1. The Morgan fingerprint density at radius 2 is 1.48 bits per heavy atom. The van der Waals surface area contributed by atoms with Gasteiger partial charge in [0.15, 0.2) is 0 Å². The molecule has 0 bridgehead atoms. The fourth-order valence-electron chi connectivity index (χ4n) is 9.85. The van der Waals surface area contributed by atoms with E-state index in [2.05, 4.69) is 68.2 Å². The van der Waals surface area contributed by atoms with Gasteiger partial charge in [0, 0.05) is 75.6 Å². The molecule has 11 heteroatoms. The number of hydrogen-bond acceptors (Lipinski definition) is 7. The third-order valence-electron chi connectivity index (χ3n) is 12.9. The average Bonchev–Trinajstić information content (AvgIpc) is 3.69. The largest absolute Gasteiger partial charge is 0.372 e. The van der Waals surface area contributed by atoms with Crippen molar-refractivity contribution in [2.45, 2.75) is 84.1 Å². The fraction of sp³-hybridized carbons (Fsp3) is 0.467. The quantitative estimate of drug-likeness (QED) is 0.177. The minimum atomic E-state index is -0.328. The molecule has 0 atom stereocenters. The minimum absolute atomic E-state index is 0.257. The van der Waals surface area contributed by atoms with Gasteiger partial charge in [0.1, 0.15) is 0 Å². The molecule has 0 spiro atoms. The van der Waals surface area contributed by atoms with E-state index in [1.165, 1.54) is 40.2 Å². The van der Waals surface area contributed by atoms with Gasteiger partial charge in [-0.25, -0.2) is 5.01 Å². The topological polar surface area (TPSA) is 96.1 Å². The molecular formula is C45H52FN7O3. The molecule has 10 nitrogen and oxygen atoms in total. The molecule has 0 radical (unpaired) electrons. The number of piperidine rings is 2. The number of halogens is 1. The molecular weight excluding hydrogens is 706 g/mol. The molecule has 5 heterocycles. The van der Waals surface area contributed by atoms with Gasteiger partial charge in [-0.3, -0.25) is 24.4 Å². The number of anilines is 2. The summed E-state index contributed by atoms with van der Waals surface area (Å²) in [4.78, 5) is 45.7. The number of aryl methyl sites for hydroxylation is 1. The molecule has 4 aliphatic heterocycles. The molecule has 292 valence electrons. The number of nitrogens with zero attached hydrogens (tertiary/aromatic N) is 6. The van der Waals surface area contributed by atoms with Crippen molar-refractivity contribution in [3.8, 4) is 0 Å². The van der Waals surface area contributed by atoms with Gasteiger partial charge in [0.25, 0.3) is 5.91 Å². The van der Waals surface area contributed by atoms with Crippen molar-refractivity contribution >= 4 is 45.6 Å². The lowest BCUT2D eigenvalue weighted by molar-refractivity contribution is -0.163. The van der Waals surface area contributed by atoms with Crippen molar-refractivity contribution in [3.05, 3.63) is 93.9 Å². The summed E-state index contributed by atoms with van der Waals surface area (Å²) in [5.74, 6) is -0.508. The van der Waals surface area contributed by atoms with Gasteiger partial charge >= 0.3 is 0 Å². The maximum absolute atomic E-state index is 14.9. The molecule has 3 amide bonds. The second-order valence-electron chi connectivity index (χ2n) is 16.4. The van der Waals surface area contributed by atoms with E-state index in [4.69, 9.17) is 0 Å². The highest BCUT2D eigenvalue weighted by molar-refractivity contribution is 6.04. The Labute approximate surface area is 328 Å². The maximum atomic E-state index is 14.9. The van der Waals surface area contributed by atoms with E-state index in [0.29, 0.717) is 41.6 Å². The number of hydrogen-bond donors (Lipinski definition) is 1. The predicted molar refractivity (Wildman–Crippen MR) is 217 cm³/mol. The Bertz CT molecular complexity index is 2160. The number of piperazine rings is 1. The number of aromatic amines is 1. The van der Waals surface area contributed by atoms with Gasteiger partial charge in [-0.1, -0.05) is 37.1 Å². The van der Waals surface area contributed by atoms with Crippen molar-refractivity contribution in [1.29, 1.82) is 0 Å². The lowest BCUT2D eigenvalue weighted by atomic mass is 9.87. The zero-order chi connectivity index (χ0) is 38.3. The highest BCUT2D eigenvalue weighted by Crippen LogP contribution is 2.41. The van der Waals surface area contributed by atoms with E-state index in [-0.39, 0.29) is 30.2 Å². The average molecular weight is 758 g/mol. The monoisotopic (exact) mass is 757 g/mol. The van der Waals surface area contributed by atoms with Crippen LogP contribution in [0.15, 0.2) is 60.2 Å². The predicted octanol–water partition coefficient (Wildman–Crippen LogP) is 7.48. The summed E-state index contributed by atoms with van der Waals surface area (Å²) in [6, 6.07) is 19.2. The van der Waals surface area contributed by atoms with Crippen molar-refractivity contribution in [3.63, 3.8) is 0 Å². The Balaban J connectivity index is 0.801. The Kier molecular flexibility index (Phi) is 10.1. The summed E-state index contributed by atoms with van der Waals surface area (Å²) in [6.45, 7) is 9.57. The van der Waals surface area contributed by atoms with E-state index < -0.39 is 0 Å². The summed E-state index contributed by atoms with van der Waals surface area (Å²) in [6.07, 6.45) is 9.78. The van der Waals surface area contributed by atoms with Crippen molar-refractivity contribution in [2.24, 2.45) is 5.92 Å². The highest BCUT2D eigenvalue weighted by atomic mass is 19.1. The number of nitrogens with one attached hydrogen (secondary N) is 1. The molecule has 4 aromatic rings. The lowest BCUT2D eigenvalue weighted by Crippen LogP contribution is -2.51. The number of hydrazine groups is 1. The van der Waals surface area contributed by atoms with E-state index in [9.17, 15) is 18.8 Å². The van der Waals surface area contributed by atoms with Crippen LogP contribution in [0.5, 0.6) is 0 Å². The molecule has 9 rings (SSSR count). The maximum Gasteiger partial charge on any atom is 0.273 e. The standard InChI is InChI=1S/C45H52FN7O3/c1-2-3-6-31-7-4-8-37-38(17-18-39-43(37)44(46)48-47-39)42(31)32-11-13-34(14-12-32)50-21-19-30(20-22-50)28-49-23-25-51(26-24-49)35-15-16-36-33(27-35)29-52(45(36)56)53-40(54)9-5-10-41(53)55/h11-18,27,30H,2-10,19-26,28-29H2,1H3,(H,47,48). The van der Waals surface area contributed by atoms with Crippen LogP contribution in [0.3, 0.4) is 0 Å². The summed E-state index contributed by atoms with van der Waals surface area (Å²) < 4.78 is 14.9. The van der Waals surface area contributed by atoms with E-state index in [1.54, 1.807) is 0 Å². The number of benzene rings is 3. The smallest absolute Gasteiger partial charge is 0.273 e. The van der Waals surface area contributed by atoms with Gasteiger partial charge in [0.05, 0.1) is 17.4 Å². The first kappa shape index (κ1) is 36.6. The SMILES string of the molecule is CCCCC1=C(c2ccc(N3CCC(CN4CCN(c5ccc6c(c5)CN(N5C(=O)CCCC5=O)C6=O)CC4)CC3)cc2)c2ccc3n[nH]c(F)c3c2CCC1. The second-order valence-corrected chi connectivity index (χ2v) is 16.4. The van der Waals surface area contributed by atoms with Crippen LogP contribution < -0.4 is 9.80 Å². The number of carbonyl (C=O) groups excluding carboxylic acids is 3. The fourth-order valence-corrected chi connectivity index (χ4v) is 9.85. The molecule has 1 aromatic heterocycles. The van der Waals surface area contributed by atoms with Crippen LogP contribution in [0, 0.1) is 11.9 Å². The van der Waals surface area contributed by atoms with Crippen LogP contribution in [-0.2, 0) is 22.6 Å². The van der Waals surface area contributed by atoms with Gasteiger partial charge in [0.2, 0.25) is 17.8 Å².